The minimum atomic E-state index is -0.263. The molecule has 1 atom stereocenters. The van der Waals surface area contributed by atoms with Gasteiger partial charge in [0.25, 0.3) is 0 Å². The third-order valence-corrected chi connectivity index (χ3v) is 3.29. The van der Waals surface area contributed by atoms with E-state index in [-0.39, 0.29) is 5.69 Å². The van der Waals surface area contributed by atoms with E-state index in [2.05, 4.69) is 27.4 Å². The third-order valence-electron chi connectivity index (χ3n) is 3.29. The molecule has 19 heavy (non-hydrogen) atoms. The maximum Gasteiger partial charge on any atom is 0.349 e. The first-order valence-electron chi connectivity index (χ1n) is 6.54. The Hall–Kier alpha value is -1.89. The minimum Gasteiger partial charge on any atom is -0.370 e. The first-order valence-corrected chi connectivity index (χ1v) is 6.54. The molecule has 2 rings (SSSR count). The highest BCUT2D eigenvalue weighted by Crippen LogP contribution is 2.11. The molecule has 0 spiro atoms. The molecule has 0 aliphatic rings. The van der Waals surface area contributed by atoms with Gasteiger partial charge in [0.1, 0.15) is 11.6 Å². The summed E-state index contributed by atoms with van der Waals surface area (Å²) in [6.07, 6.45) is 2.07. The maximum absolute atomic E-state index is 11.5. The highest BCUT2D eigenvalue weighted by Gasteiger charge is 2.09. The molecule has 2 heterocycles. The van der Waals surface area contributed by atoms with Crippen LogP contribution in [0.5, 0.6) is 0 Å². The summed E-state index contributed by atoms with van der Waals surface area (Å²) in [5.41, 5.74) is 5.89. The summed E-state index contributed by atoms with van der Waals surface area (Å²) in [6, 6.07) is 1.76. The molecule has 0 fully saturated rings. The van der Waals surface area contributed by atoms with Gasteiger partial charge in [-0.15, -0.1) is 0 Å². The SMILES string of the molecule is CCC(CCN)CNc1cc2n[nH]c(=O)n2c(C)n1. The second-order valence-corrected chi connectivity index (χ2v) is 4.64. The number of rotatable bonds is 6. The average molecular weight is 264 g/mol. The highest BCUT2D eigenvalue weighted by atomic mass is 16.1. The van der Waals surface area contributed by atoms with Crippen LogP contribution in [0.3, 0.4) is 0 Å². The van der Waals surface area contributed by atoms with E-state index >= 15 is 0 Å². The molecule has 0 saturated heterocycles. The number of fused-ring (bicyclic) bond motifs is 1. The van der Waals surface area contributed by atoms with Gasteiger partial charge in [-0.25, -0.2) is 19.3 Å². The van der Waals surface area contributed by atoms with Crippen molar-refractivity contribution in [3.8, 4) is 0 Å². The van der Waals surface area contributed by atoms with Crippen LogP contribution in [0.2, 0.25) is 0 Å². The molecular weight excluding hydrogens is 244 g/mol. The van der Waals surface area contributed by atoms with Crippen LogP contribution in [0.1, 0.15) is 25.6 Å². The molecule has 4 N–H and O–H groups in total. The second kappa shape index (κ2) is 5.83. The first kappa shape index (κ1) is 13.5. The Balaban J connectivity index is 2.15. The quantitative estimate of drug-likeness (QED) is 0.706. The van der Waals surface area contributed by atoms with Gasteiger partial charge >= 0.3 is 5.69 Å². The number of anilines is 1. The molecule has 0 aliphatic carbocycles. The second-order valence-electron chi connectivity index (χ2n) is 4.64. The lowest BCUT2D eigenvalue weighted by Gasteiger charge is -2.15. The van der Waals surface area contributed by atoms with Gasteiger partial charge in [0, 0.05) is 12.6 Å². The zero-order chi connectivity index (χ0) is 13.8. The number of aryl methyl sites for hydroxylation is 1. The molecule has 104 valence electrons. The lowest BCUT2D eigenvalue weighted by atomic mass is 10.0. The molecule has 1 unspecified atom stereocenters. The fourth-order valence-corrected chi connectivity index (χ4v) is 2.12. The Morgan fingerprint density at radius 2 is 2.37 bits per heavy atom. The van der Waals surface area contributed by atoms with Crippen molar-refractivity contribution in [1.29, 1.82) is 0 Å². The van der Waals surface area contributed by atoms with Gasteiger partial charge in [0.2, 0.25) is 0 Å². The number of hydrogen-bond donors (Lipinski definition) is 3. The standard InChI is InChI=1S/C12H20N6O/c1-3-9(4-5-13)7-14-10-6-11-16-17-12(19)18(11)8(2)15-10/h6,9,14H,3-5,7,13H2,1-2H3,(H,17,19). The number of H-pyrrole nitrogens is 1. The Bertz CT molecular complexity index is 602. The van der Waals surface area contributed by atoms with Crippen molar-refractivity contribution in [3.63, 3.8) is 0 Å². The Morgan fingerprint density at radius 1 is 1.58 bits per heavy atom. The van der Waals surface area contributed by atoms with Crippen molar-refractivity contribution >= 4 is 11.5 Å². The van der Waals surface area contributed by atoms with E-state index in [0.29, 0.717) is 23.9 Å². The van der Waals surface area contributed by atoms with Crippen LogP contribution in [0.15, 0.2) is 10.9 Å². The van der Waals surface area contributed by atoms with E-state index in [0.717, 1.165) is 25.2 Å². The molecular formula is C12H20N6O. The van der Waals surface area contributed by atoms with Gasteiger partial charge in [0.15, 0.2) is 5.65 Å². The lowest BCUT2D eigenvalue weighted by Crippen LogP contribution is -2.19. The van der Waals surface area contributed by atoms with E-state index in [1.54, 1.807) is 13.0 Å². The number of hydrogen-bond acceptors (Lipinski definition) is 5. The summed E-state index contributed by atoms with van der Waals surface area (Å²) >= 11 is 0. The molecule has 0 aromatic carbocycles. The summed E-state index contributed by atoms with van der Waals surface area (Å²) in [6.45, 7) is 5.45. The zero-order valence-corrected chi connectivity index (χ0v) is 11.3. The van der Waals surface area contributed by atoms with E-state index in [4.69, 9.17) is 5.73 Å². The molecule has 0 saturated carbocycles. The molecule has 2 aromatic heterocycles. The van der Waals surface area contributed by atoms with Crippen LogP contribution in [-0.2, 0) is 0 Å². The summed E-state index contributed by atoms with van der Waals surface area (Å²) in [5.74, 6) is 1.88. The van der Waals surface area contributed by atoms with Gasteiger partial charge < -0.3 is 11.1 Å². The van der Waals surface area contributed by atoms with Gasteiger partial charge in [-0.2, -0.15) is 5.10 Å². The number of nitrogens with two attached hydrogens (primary N) is 1. The molecule has 7 nitrogen and oxygen atoms in total. The average Bonchev–Trinajstić information content (AvgIpc) is 2.76. The molecule has 0 bridgehead atoms. The largest absolute Gasteiger partial charge is 0.370 e. The van der Waals surface area contributed by atoms with Crippen LogP contribution in [0.25, 0.3) is 5.65 Å². The summed E-state index contributed by atoms with van der Waals surface area (Å²) in [5, 5.41) is 9.65. The van der Waals surface area contributed by atoms with Gasteiger partial charge in [-0.05, 0) is 25.8 Å². The lowest BCUT2D eigenvalue weighted by molar-refractivity contribution is 0.501. The normalized spacial score (nSPS) is 12.8. The monoisotopic (exact) mass is 264 g/mol. The number of nitrogens with zero attached hydrogens (tertiary/aromatic N) is 3. The molecule has 0 radical (unpaired) electrons. The van der Waals surface area contributed by atoms with Crippen molar-refractivity contribution in [2.24, 2.45) is 11.7 Å². The van der Waals surface area contributed by atoms with E-state index in [1.807, 2.05) is 0 Å². The highest BCUT2D eigenvalue weighted by molar-refractivity contribution is 5.49. The first-order chi connectivity index (χ1) is 9.15. The van der Waals surface area contributed by atoms with Crippen molar-refractivity contribution in [2.45, 2.75) is 26.7 Å². The number of nitrogens with one attached hydrogen (secondary N) is 2. The minimum absolute atomic E-state index is 0.263. The van der Waals surface area contributed by atoms with Crippen molar-refractivity contribution in [1.82, 2.24) is 19.6 Å². The summed E-state index contributed by atoms with van der Waals surface area (Å²) in [4.78, 5) is 15.8. The molecule has 2 aromatic rings. The van der Waals surface area contributed by atoms with E-state index < -0.39 is 0 Å². The van der Waals surface area contributed by atoms with Crippen molar-refractivity contribution in [2.75, 3.05) is 18.4 Å². The van der Waals surface area contributed by atoms with Crippen LogP contribution in [-0.4, -0.2) is 32.7 Å². The predicted octanol–water partition coefficient (Wildman–Crippen LogP) is 0.513. The smallest absolute Gasteiger partial charge is 0.349 e. The van der Waals surface area contributed by atoms with Gasteiger partial charge in [0.05, 0.1) is 0 Å². The predicted molar refractivity (Wildman–Crippen MR) is 74.3 cm³/mol. The molecule has 0 amide bonds. The molecule has 7 heteroatoms. The Kier molecular flexibility index (Phi) is 4.16. The number of aromatic nitrogens is 4. The van der Waals surface area contributed by atoms with Crippen molar-refractivity contribution in [3.05, 3.63) is 22.4 Å². The summed E-state index contributed by atoms with van der Waals surface area (Å²) < 4.78 is 1.45. The Morgan fingerprint density at radius 3 is 3.05 bits per heavy atom. The Labute approximate surface area is 111 Å². The molecule has 0 aliphatic heterocycles. The maximum atomic E-state index is 11.5. The fourth-order valence-electron chi connectivity index (χ4n) is 2.12. The summed E-state index contributed by atoms with van der Waals surface area (Å²) in [7, 11) is 0. The van der Waals surface area contributed by atoms with Crippen molar-refractivity contribution < 1.29 is 0 Å². The van der Waals surface area contributed by atoms with Crippen LogP contribution < -0.4 is 16.7 Å². The fraction of sp³-hybridized carbons (Fsp3) is 0.583. The van der Waals surface area contributed by atoms with Gasteiger partial charge in [-0.1, -0.05) is 13.3 Å². The van der Waals surface area contributed by atoms with E-state index in [9.17, 15) is 4.79 Å². The number of aromatic amines is 1. The van der Waals surface area contributed by atoms with Crippen LogP contribution in [0.4, 0.5) is 5.82 Å². The van der Waals surface area contributed by atoms with Crippen LogP contribution >= 0.6 is 0 Å². The van der Waals surface area contributed by atoms with Gasteiger partial charge in [-0.3, -0.25) is 0 Å². The third kappa shape index (κ3) is 2.93. The topological polar surface area (TPSA) is 101 Å². The van der Waals surface area contributed by atoms with E-state index in [1.165, 1.54) is 4.40 Å². The zero-order valence-electron chi connectivity index (χ0n) is 11.3. The van der Waals surface area contributed by atoms with Crippen LogP contribution in [0, 0.1) is 12.8 Å².